The number of thioether (sulfide) groups is 2. The maximum atomic E-state index is 13.0. The summed E-state index contributed by atoms with van der Waals surface area (Å²) in [6.07, 6.45) is 0.934. The topological polar surface area (TPSA) is 133 Å². The van der Waals surface area contributed by atoms with Crippen molar-refractivity contribution >= 4 is 46.6 Å². The van der Waals surface area contributed by atoms with Gasteiger partial charge in [-0.2, -0.15) is 4.55 Å². The number of esters is 1. The Kier molecular flexibility index (Phi) is 6.82. The fourth-order valence-corrected chi connectivity index (χ4v) is 9.05. The van der Waals surface area contributed by atoms with Crippen LogP contribution in [-0.2, 0) is 38.5 Å². The fraction of sp³-hybridized carbons (Fsp3) is 0.632. The van der Waals surface area contributed by atoms with Gasteiger partial charge in [-0.15, -0.1) is 17.9 Å². The van der Waals surface area contributed by atoms with Gasteiger partial charge in [0.25, 0.3) is 0 Å². The number of ether oxygens (including phenoxy) is 1. The number of aryl methyl sites for hydroxylation is 1. The van der Waals surface area contributed by atoms with Crippen LogP contribution in [-0.4, -0.2) is 49.6 Å². The van der Waals surface area contributed by atoms with E-state index in [1.165, 1.54) is 35.3 Å². The number of amides is 1. The second kappa shape index (κ2) is 9.26. The Labute approximate surface area is 190 Å². The van der Waals surface area contributed by atoms with Gasteiger partial charge in [-0.3, -0.25) is 9.69 Å². The highest BCUT2D eigenvalue weighted by Gasteiger charge is 2.56. The molecule has 9 nitrogen and oxygen atoms in total. The summed E-state index contributed by atoms with van der Waals surface area (Å²) in [5.74, 6) is -0.786. The Balaban J connectivity index is 1.53. The van der Waals surface area contributed by atoms with Crippen LogP contribution in [0.1, 0.15) is 38.2 Å². The second-order valence-corrected chi connectivity index (χ2v) is 11.9. The third-order valence-electron chi connectivity index (χ3n) is 5.31. The van der Waals surface area contributed by atoms with Gasteiger partial charge >= 0.3 is 11.8 Å². The maximum absolute atomic E-state index is 13.0. The Morgan fingerprint density at radius 2 is 2.16 bits per heavy atom. The summed E-state index contributed by atoms with van der Waals surface area (Å²) in [6, 6.07) is 0. The van der Waals surface area contributed by atoms with E-state index in [-0.39, 0.29) is 29.2 Å². The molecule has 2 unspecified atom stereocenters. The van der Waals surface area contributed by atoms with Crippen LogP contribution in [0.5, 0.6) is 0 Å². The summed E-state index contributed by atoms with van der Waals surface area (Å²) >= 11 is 2.16. The molecular formula is C19H23NO8S3. The summed E-state index contributed by atoms with van der Waals surface area (Å²) in [5, 5.41) is 11.7. The van der Waals surface area contributed by atoms with E-state index in [0.29, 0.717) is 22.2 Å². The van der Waals surface area contributed by atoms with Crippen molar-refractivity contribution in [3.63, 3.8) is 0 Å². The molecule has 3 aliphatic heterocycles. The number of β-lactam (4-membered cyclic amide) rings is 1. The van der Waals surface area contributed by atoms with E-state index in [2.05, 4.69) is 0 Å². The largest absolute Gasteiger partial charge is 0.852 e. The molecule has 0 saturated carbocycles. The van der Waals surface area contributed by atoms with Gasteiger partial charge in [0, 0.05) is 12.8 Å². The molecule has 0 radical (unpaired) electrons. The molecule has 5 atom stereocenters. The predicted octanol–water partition coefficient (Wildman–Crippen LogP) is 1.27. The molecule has 0 aliphatic carbocycles. The minimum absolute atomic E-state index is 0.134. The van der Waals surface area contributed by atoms with Crippen LogP contribution in [0.2, 0.25) is 0 Å². The Bertz CT molecular complexity index is 954. The van der Waals surface area contributed by atoms with E-state index < -0.39 is 40.4 Å². The molecule has 12 heteroatoms. The van der Waals surface area contributed by atoms with Crippen molar-refractivity contribution in [2.45, 2.75) is 56.4 Å². The summed E-state index contributed by atoms with van der Waals surface area (Å²) in [6.45, 7) is 3.08. The molecule has 1 aromatic rings. The van der Waals surface area contributed by atoms with Crippen LogP contribution in [0, 0.1) is 5.92 Å². The zero-order valence-electron chi connectivity index (χ0n) is 17.0. The molecule has 31 heavy (non-hydrogen) atoms. The van der Waals surface area contributed by atoms with Crippen molar-refractivity contribution in [2.75, 3.05) is 11.5 Å². The first kappa shape index (κ1) is 22.8. The van der Waals surface area contributed by atoms with Gasteiger partial charge in [0.05, 0.1) is 20.8 Å². The standard InChI is InChI=1S/C19H23NO8S3/c1-3-4-11-12(28-19(24)27-11)7-26-17(23)14-18(29-10-5-6-31(25)8-10)30-16-13(9(2)21)15(22)20(14)16/h9-10,13,16,25H,3-8H2,1-2H3/t9-,10?,13+,16-,31?/m1/s1. The molecule has 0 aromatic carbocycles. The molecule has 1 N–H and O–H groups in total. The van der Waals surface area contributed by atoms with Crippen molar-refractivity contribution in [1.82, 2.24) is 4.90 Å². The van der Waals surface area contributed by atoms with Gasteiger partial charge in [0.15, 0.2) is 29.6 Å². The minimum Gasteiger partial charge on any atom is -0.852 e. The average molecular weight is 490 g/mol. The van der Waals surface area contributed by atoms with Crippen molar-refractivity contribution < 1.29 is 32.8 Å². The lowest BCUT2D eigenvalue weighted by molar-refractivity contribution is -0.427. The fourth-order valence-electron chi connectivity index (χ4n) is 3.77. The third-order valence-corrected chi connectivity index (χ3v) is 9.89. The quantitative estimate of drug-likeness (QED) is 0.323. The Hall–Kier alpha value is -1.34. The van der Waals surface area contributed by atoms with Gasteiger partial charge in [0.2, 0.25) is 5.91 Å². The molecule has 0 spiro atoms. The SMILES string of the molecule is CCCc1oc(=O)oc1COC(=O)C1=C(SC2CC[S+](O)C2)S[C@@H]2[C@@H]([C@@H](C)[O-])C(=O)N12. The number of fused-ring (bicyclic) bond motifs is 1. The lowest BCUT2D eigenvalue weighted by atomic mass is 9.92. The summed E-state index contributed by atoms with van der Waals surface area (Å²) in [5.41, 5.74) is 0.134. The van der Waals surface area contributed by atoms with Crippen molar-refractivity contribution in [1.29, 1.82) is 0 Å². The average Bonchev–Trinajstić information content (AvgIpc) is 3.36. The lowest BCUT2D eigenvalue weighted by Gasteiger charge is -2.47. The molecule has 2 fully saturated rings. The molecule has 0 bridgehead atoms. The second-order valence-electron chi connectivity index (χ2n) is 7.57. The highest BCUT2D eigenvalue weighted by Crippen LogP contribution is 2.55. The van der Waals surface area contributed by atoms with Gasteiger partial charge < -0.3 is 18.7 Å². The Morgan fingerprint density at radius 3 is 2.81 bits per heavy atom. The monoisotopic (exact) mass is 489 g/mol. The van der Waals surface area contributed by atoms with Gasteiger partial charge in [-0.25, -0.2) is 9.59 Å². The van der Waals surface area contributed by atoms with Crippen LogP contribution < -0.4 is 10.9 Å². The van der Waals surface area contributed by atoms with E-state index in [1.807, 2.05) is 6.92 Å². The first-order valence-corrected chi connectivity index (χ1v) is 13.3. The number of carbonyl (C=O) groups excluding carboxylic acids is 2. The first-order valence-electron chi connectivity index (χ1n) is 10.0. The molecule has 4 heterocycles. The maximum Gasteiger partial charge on any atom is 0.519 e. The zero-order valence-corrected chi connectivity index (χ0v) is 19.5. The van der Waals surface area contributed by atoms with Crippen LogP contribution >= 0.6 is 23.5 Å². The van der Waals surface area contributed by atoms with E-state index in [4.69, 9.17) is 13.6 Å². The van der Waals surface area contributed by atoms with E-state index in [1.54, 1.807) is 0 Å². The first-order chi connectivity index (χ1) is 14.8. The number of rotatable bonds is 8. The zero-order chi connectivity index (χ0) is 22.3. The summed E-state index contributed by atoms with van der Waals surface area (Å²) < 4.78 is 25.8. The molecular weight excluding hydrogens is 466 g/mol. The molecule has 1 aromatic heterocycles. The van der Waals surface area contributed by atoms with Crippen LogP contribution in [0.3, 0.4) is 0 Å². The third kappa shape index (κ3) is 4.45. The van der Waals surface area contributed by atoms with Gasteiger partial charge in [-0.1, -0.05) is 25.6 Å². The smallest absolute Gasteiger partial charge is 0.519 e. The number of carbonyl (C=O) groups is 2. The van der Waals surface area contributed by atoms with Crippen molar-refractivity contribution in [2.24, 2.45) is 5.92 Å². The molecule has 1 amide bonds. The summed E-state index contributed by atoms with van der Waals surface area (Å²) in [4.78, 5) is 38.3. The molecule has 3 aliphatic rings. The normalized spacial score (nSPS) is 28.6. The predicted molar refractivity (Wildman–Crippen MR) is 115 cm³/mol. The van der Waals surface area contributed by atoms with Crippen LogP contribution in [0.25, 0.3) is 0 Å². The van der Waals surface area contributed by atoms with E-state index in [9.17, 15) is 24.0 Å². The number of hydrogen-bond donors (Lipinski definition) is 1. The van der Waals surface area contributed by atoms with Crippen LogP contribution in [0.4, 0.5) is 0 Å². The number of hydrogen-bond acceptors (Lipinski definition) is 10. The molecule has 2 saturated heterocycles. The lowest BCUT2D eigenvalue weighted by Crippen LogP contribution is -2.63. The minimum atomic E-state index is -1.07. The van der Waals surface area contributed by atoms with Gasteiger partial charge in [-0.05, 0) is 6.42 Å². The summed E-state index contributed by atoms with van der Waals surface area (Å²) in [7, 11) is 0. The highest BCUT2D eigenvalue weighted by atomic mass is 32.2. The molecule has 4 rings (SSSR count). The van der Waals surface area contributed by atoms with Crippen molar-refractivity contribution in [3.05, 3.63) is 32.1 Å². The van der Waals surface area contributed by atoms with Gasteiger partial charge in [0.1, 0.15) is 16.9 Å². The van der Waals surface area contributed by atoms with E-state index in [0.717, 1.165) is 18.6 Å². The molecule has 170 valence electrons. The Morgan fingerprint density at radius 1 is 1.42 bits per heavy atom. The number of nitrogens with zero attached hydrogens (tertiary/aromatic N) is 1. The van der Waals surface area contributed by atoms with Crippen LogP contribution in [0.15, 0.2) is 23.6 Å². The van der Waals surface area contributed by atoms with E-state index >= 15 is 0 Å². The highest BCUT2D eigenvalue weighted by molar-refractivity contribution is 8.23. The van der Waals surface area contributed by atoms with Crippen molar-refractivity contribution in [3.8, 4) is 0 Å².